The molecule has 18 heavy (non-hydrogen) atoms. The van der Waals surface area contributed by atoms with Gasteiger partial charge in [0, 0.05) is 17.3 Å². The number of hydrogen-bond acceptors (Lipinski definition) is 3. The molecule has 0 aliphatic heterocycles. The molecule has 94 valence electrons. The lowest BCUT2D eigenvalue weighted by Gasteiger charge is -2.08. The van der Waals surface area contributed by atoms with E-state index in [0.717, 1.165) is 6.07 Å². The van der Waals surface area contributed by atoms with Crippen molar-refractivity contribution < 1.29 is 14.2 Å². The minimum absolute atomic E-state index is 0.0367. The number of aliphatic hydroxyl groups is 1. The maximum absolute atomic E-state index is 13.5. The van der Waals surface area contributed by atoms with E-state index in [1.54, 1.807) is 19.1 Å². The summed E-state index contributed by atoms with van der Waals surface area (Å²) in [5.74, 6) is -0.309. The minimum atomic E-state index is -0.634. The van der Waals surface area contributed by atoms with Crippen LogP contribution in [0.4, 0.5) is 4.39 Å². The average Bonchev–Trinajstić information content (AvgIpc) is 2.33. The zero-order chi connectivity index (χ0) is 13.1. The van der Waals surface area contributed by atoms with Crippen LogP contribution in [-0.4, -0.2) is 10.1 Å². The van der Waals surface area contributed by atoms with E-state index in [-0.39, 0.29) is 11.6 Å². The highest BCUT2D eigenvalue weighted by Crippen LogP contribution is 2.26. The van der Waals surface area contributed by atoms with Gasteiger partial charge >= 0.3 is 0 Å². The molecule has 0 saturated heterocycles. The van der Waals surface area contributed by atoms with Crippen LogP contribution in [0.3, 0.4) is 0 Å². The molecule has 2 rings (SSSR count). The third-order valence-electron chi connectivity index (χ3n) is 2.35. The summed E-state index contributed by atoms with van der Waals surface area (Å²) in [5, 5.41) is 9.73. The predicted octanol–water partition coefficient (Wildman–Crippen LogP) is 3.72. The van der Waals surface area contributed by atoms with E-state index in [4.69, 9.17) is 16.3 Å². The fraction of sp³-hybridized carbons (Fsp3) is 0.154. The Morgan fingerprint density at radius 1 is 1.33 bits per heavy atom. The number of aromatic nitrogens is 1. The Kier molecular flexibility index (Phi) is 3.79. The Balaban J connectivity index is 2.25. The van der Waals surface area contributed by atoms with Crippen LogP contribution in [0.25, 0.3) is 0 Å². The SMILES string of the molecule is CC(O)c1ccnc(Oc2ccc(Cl)cc2F)c1. The van der Waals surface area contributed by atoms with Gasteiger partial charge in [-0.2, -0.15) is 0 Å². The summed E-state index contributed by atoms with van der Waals surface area (Å²) in [6, 6.07) is 7.33. The molecule has 3 nitrogen and oxygen atoms in total. The number of benzene rings is 1. The van der Waals surface area contributed by atoms with Gasteiger partial charge in [0.1, 0.15) is 0 Å². The summed E-state index contributed by atoms with van der Waals surface area (Å²) in [7, 11) is 0. The summed E-state index contributed by atoms with van der Waals surface area (Å²) < 4.78 is 18.8. The number of nitrogens with zero attached hydrogens (tertiary/aromatic N) is 1. The first kappa shape index (κ1) is 12.8. The third kappa shape index (κ3) is 2.97. The molecule has 0 aliphatic carbocycles. The fourth-order valence-electron chi connectivity index (χ4n) is 1.41. The van der Waals surface area contributed by atoms with Crippen molar-refractivity contribution in [3.63, 3.8) is 0 Å². The van der Waals surface area contributed by atoms with Gasteiger partial charge in [0.2, 0.25) is 5.88 Å². The monoisotopic (exact) mass is 267 g/mol. The van der Waals surface area contributed by atoms with Crippen molar-refractivity contribution in [2.24, 2.45) is 0 Å². The van der Waals surface area contributed by atoms with Gasteiger partial charge in [0.05, 0.1) is 6.10 Å². The van der Waals surface area contributed by atoms with Crippen LogP contribution < -0.4 is 4.74 Å². The molecule has 1 heterocycles. The van der Waals surface area contributed by atoms with E-state index in [1.807, 2.05) is 0 Å². The summed E-state index contributed by atoms with van der Waals surface area (Å²) in [4.78, 5) is 3.95. The average molecular weight is 268 g/mol. The van der Waals surface area contributed by atoms with Gasteiger partial charge < -0.3 is 9.84 Å². The Morgan fingerprint density at radius 2 is 2.11 bits per heavy atom. The number of hydrogen-bond donors (Lipinski definition) is 1. The second-order valence-corrected chi connectivity index (χ2v) is 4.22. The molecule has 5 heteroatoms. The first-order valence-corrected chi connectivity index (χ1v) is 5.71. The minimum Gasteiger partial charge on any atom is -0.436 e. The van der Waals surface area contributed by atoms with Gasteiger partial charge in [-0.25, -0.2) is 9.37 Å². The molecule has 0 spiro atoms. The van der Waals surface area contributed by atoms with E-state index < -0.39 is 11.9 Å². The zero-order valence-corrected chi connectivity index (χ0v) is 10.4. The van der Waals surface area contributed by atoms with Crippen molar-refractivity contribution >= 4 is 11.6 Å². The predicted molar refractivity (Wildman–Crippen MR) is 66.4 cm³/mol. The third-order valence-corrected chi connectivity index (χ3v) is 2.58. The number of ether oxygens (including phenoxy) is 1. The molecule has 0 bridgehead atoms. The van der Waals surface area contributed by atoms with Crippen LogP contribution in [0.15, 0.2) is 36.5 Å². The van der Waals surface area contributed by atoms with Crippen LogP contribution in [0.2, 0.25) is 5.02 Å². The van der Waals surface area contributed by atoms with Gasteiger partial charge in [-0.1, -0.05) is 11.6 Å². The van der Waals surface area contributed by atoms with Gasteiger partial charge in [0.25, 0.3) is 0 Å². The van der Waals surface area contributed by atoms with Crippen molar-refractivity contribution in [2.45, 2.75) is 13.0 Å². The van der Waals surface area contributed by atoms with Crippen LogP contribution >= 0.6 is 11.6 Å². The van der Waals surface area contributed by atoms with Crippen molar-refractivity contribution in [1.82, 2.24) is 4.98 Å². The quantitative estimate of drug-likeness (QED) is 0.922. The van der Waals surface area contributed by atoms with E-state index >= 15 is 0 Å². The smallest absolute Gasteiger partial charge is 0.219 e. The maximum Gasteiger partial charge on any atom is 0.219 e. The summed E-state index contributed by atoms with van der Waals surface area (Å²) in [6.45, 7) is 1.63. The normalized spacial score (nSPS) is 12.2. The summed E-state index contributed by atoms with van der Waals surface area (Å²) >= 11 is 5.64. The molecule has 0 amide bonds. The first-order chi connectivity index (χ1) is 8.56. The van der Waals surface area contributed by atoms with E-state index in [9.17, 15) is 9.50 Å². The lowest BCUT2D eigenvalue weighted by molar-refractivity contribution is 0.198. The van der Waals surface area contributed by atoms with Crippen LogP contribution in [0, 0.1) is 5.82 Å². The van der Waals surface area contributed by atoms with Crippen molar-refractivity contribution in [3.8, 4) is 11.6 Å². The summed E-state index contributed by atoms with van der Waals surface area (Å²) in [5.41, 5.74) is 0.648. The molecular formula is C13H11ClFNO2. The van der Waals surface area contributed by atoms with Gasteiger partial charge in [0.15, 0.2) is 11.6 Å². The van der Waals surface area contributed by atoms with E-state index in [1.165, 1.54) is 18.3 Å². The molecule has 1 aromatic carbocycles. The highest BCUT2D eigenvalue weighted by atomic mass is 35.5. The fourth-order valence-corrected chi connectivity index (χ4v) is 1.57. The zero-order valence-electron chi connectivity index (χ0n) is 9.60. The van der Waals surface area contributed by atoms with E-state index in [2.05, 4.69) is 4.98 Å². The lowest BCUT2D eigenvalue weighted by atomic mass is 10.2. The Bertz CT molecular complexity index is 560. The molecule has 0 saturated carbocycles. The van der Waals surface area contributed by atoms with Gasteiger partial charge in [-0.3, -0.25) is 0 Å². The van der Waals surface area contributed by atoms with Crippen molar-refractivity contribution in [2.75, 3.05) is 0 Å². The Hall–Kier alpha value is -1.65. The summed E-state index contributed by atoms with van der Waals surface area (Å²) in [6.07, 6.45) is 0.857. The molecule has 1 aromatic heterocycles. The van der Waals surface area contributed by atoms with Gasteiger partial charge in [-0.05, 0) is 36.8 Å². The number of pyridine rings is 1. The highest BCUT2D eigenvalue weighted by Gasteiger charge is 2.08. The van der Waals surface area contributed by atoms with Crippen LogP contribution in [-0.2, 0) is 0 Å². The maximum atomic E-state index is 13.5. The molecule has 0 fully saturated rings. The number of aliphatic hydroxyl groups excluding tert-OH is 1. The molecule has 0 radical (unpaired) electrons. The molecular weight excluding hydrogens is 257 g/mol. The van der Waals surface area contributed by atoms with Gasteiger partial charge in [-0.15, -0.1) is 0 Å². The van der Waals surface area contributed by atoms with Crippen LogP contribution in [0.1, 0.15) is 18.6 Å². The number of halogens is 2. The molecule has 0 aliphatic rings. The second-order valence-electron chi connectivity index (χ2n) is 3.78. The number of rotatable bonds is 3. The first-order valence-electron chi connectivity index (χ1n) is 5.33. The molecule has 1 unspecified atom stereocenters. The Labute approximate surface area is 109 Å². The Morgan fingerprint density at radius 3 is 2.78 bits per heavy atom. The standard InChI is InChI=1S/C13H11ClFNO2/c1-8(17)9-4-5-16-13(6-9)18-12-3-2-10(14)7-11(12)15/h2-8,17H,1H3. The molecule has 2 aromatic rings. The largest absolute Gasteiger partial charge is 0.436 e. The second kappa shape index (κ2) is 5.33. The topological polar surface area (TPSA) is 42.4 Å². The molecule has 1 N–H and O–H groups in total. The van der Waals surface area contributed by atoms with Crippen molar-refractivity contribution in [3.05, 3.63) is 52.9 Å². The van der Waals surface area contributed by atoms with Crippen LogP contribution in [0.5, 0.6) is 11.6 Å². The lowest BCUT2D eigenvalue weighted by Crippen LogP contribution is -1.95. The molecule has 1 atom stereocenters. The highest BCUT2D eigenvalue weighted by molar-refractivity contribution is 6.30. The van der Waals surface area contributed by atoms with E-state index in [0.29, 0.717) is 10.6 Å². The van der Waals surface area contributed by atoms with Crippen molar-refractivity contribution in [1.29, 1.82) is 0 Å².